The molecule has 0 unspecified atom stereocenters. The summed E-state index contributed by atoms with van der Waals surface area (Å²) in [5.74, 6) is -0.266. The second-order valence-electron chi connectivity index (χ2n) is 3.32. The lowest BCUT2D eigenvalue weighted by atomic mass is 10.0. The molecule has 0 bridgehead atoms. The Morgan fingerprint density at radius 3 is 2.44 bits per heavy atom. The molecule has 1 rings (SSSR count). The Morgan fingerprint density at radius 1 is 1.38 bits per heavy atom. The fourth-order valence-corrected chi connectivity index (χ4v) is 1.35. The Morgan fingerprint density at radius 2 is 2.00 bits per heavy atom. The Bertz CT molecular complexity index is 390. The Kier molecular flexibility index (Phi) is 4.42. The summed E-state index contributed by atoms with van der Waals surface area (Å²) in [5, 5.41) is 8.98. The molecule has 0 aromatic heterocycles. The molecule has 0 fully saturated rings. The van der Waals surface area contributed by atoms with Gasteiger partial charge in [-0.2, -0.15) is 0 Å². The zero-order valence-electron chi connectivity index (χ0n) is 9.18. The third-order valence-electron chi connectivity index (χ3n) is 2.08. The van der Waals surface area contributed by atoms with Crippen LogP contribution in [0.1, 0.15) is 11.1 Å². The third-order valence-corrected chi connectivity index (χ3v) is 2.08. The molecule has 1 aromatic carbocycles. The van der Waals surface area contributed by atoms with Gasteiger partial charge in [0.2, 0.25) is 0 Å². The van der Waals surface area contributed by atoms with Gasteiger partial charge in [0, 0.05) is 25.0 Å². The first-order valence-corrected chi connectivity index (χ1v) is 4.83. The Hall–Kier alpha value is -1.94. The van der Waals surface area contributed by atoms with E-state index in [2.05, 4.69) is 0 Å². The van der Waals surface area contributed by atoms with E-state index in [1.165, 1.54) is 12.3 Å². The highest BCUT2D eigenvalue weighted by atomic mass is 16.5. The molecule has 4 heteroatoms. The second kappa shape index (κ2) is 5.82. The van der Waals surface area contributed by atoms with Crippen LogP contribution in [0.4, 0.5) is 0 Å². The molecule has 86 valence electrons. The number of nitrogens with two attached hydrogens (primary N) is 2. The lowest BCUT2D eigenvalue weighted by molar-refractivity contribution is 0.185. The van der Waals surface area contributed by atoms with Crippen molar-refractivity contribution < 1.29 is 9.84 Å². The lowest BCUT2D eigenvalue weighted by Gasteiger charge is -2.04. The molecule has 0 aliphatic carbocycles. The number of ether oxygens (including phenoxy) is 1. The van der Waals surface area contributed by atoms with Crippen LogP contribution in [0, 0.1) is 0 Å². The zero-order chi connectivity index (χ0) is 12.0. The van der Waals surface area contributed by atoms with Gasteiger partial charge in [0.15, 0.2) is 5.88 Å². The topological polar surface area (TPSA) is 81.5 Å². The van der Waals surface area contributed by atoms with Crippen LogP contribution in [-0.2, 0) is 11.3 Å². The van der Waals surface area contributed by atoms with E-state index in [-0.39, 0.29) is 5.88 Å². The van der Waals surface area contributed by atoms with Crippen molar-refractivity contribution >= 4 is 5.57 Å². The molecular formula is C12H16N2O2. The van der Waals surface area contributed by atoms with Crippen LogP contribution in [-0.4, -0.2) is 12.2 Å². The van der Waals surface area contributed by atoms with Crippen LogP contribution >= 0.6 is 0 Å². The van der Waals surface area contributed by atoms with Gasteiger partial charge < -0.3 is 21.3 Å². The van der Waals surface area contributed by atoms with Crippen molar-refractivity contribution in [1.29, 1.82) is 0 Å². The molecule has 5 N–H and O–H groups in total. The summed E-state index contributed by atoms with van der Waals surface area (Å²) in [5.41, 5.74) is 13.3. The number of benzene rings is 1. The summed E-state index contributed by atoms with van der Waals surface area (Å²) in [6.07, 6.45) is 2.81. The van der Waals surface area contributed by atoms with E-state index in [0.29, 0.717) is 12.2 Å². The van der Waals surface area contributed by atoms with Gasteiger partial charge in [-0.1, -0.05) is 24.3 Å². The summed E-state index contributed by atoms with van der Waals surface area (Å²) < 4.78 is 5.01. The number of aliphatic hydroxyl groups is 1. The summed E-state index contributed by atoms with van der Waals surface area (Å²) in [4.78, 5) is 0. The first kappa shape index (κ1) is 12.1. The van der Waals surface area contributed by atoms with E-state index in [1.54, 1.807) is 7.11 Å². The number of hydrogen-bond donors (Lipinski definition) is 3. The fourth-order valence-electron chi connectivity index (χ4n) is 1.35. The highest BCUT2D eigenvalue weighted by Crippen LogP contribution is 2.16. The molecule has 0 aliphatic heterocycles. The fraction of sp³-hybridized carbons (Fsp3) is 0.167. The maximum Gasteiger partial charge on any atom is 0.182 e. The zero-order valence-corrected chi connectivity index (χ0v) is 9.18. The lowest BCUT2D eigenvalue weighted by Crippen LogP contribution is -1.97. The molecule has 0 radical (unpaired) electrons. The largest absolute Gasteiger partial charge is 0.495 e. The van der Waals surface area contributed by atoms with E-state index in [9.17, 15) is 0 Å². The normalized spacial score (nSPS) is 12.8. The first-order chi connectivity index (χ1) is 7.67. The van der Waals surface area contributed by atoms with Crippen LogP contribution in [0.15, 0.2) is 42.4 Å². The minimum absolute atomic E-state index is 0.266. The van der Waals surface area contributed by atoms with Gasteiger partial charge in [-0.3, -0.25) is 0 Å². The average molecular weight is 220 g/mol. The van der Waals surface area contributed by atoms with Crippen molar-refractivity contribution in [3.8, 4) is 0 Å². The molecule has 16 heavy (non-hydrogen) atoms. The highest BCUT2D eigenvalue weighted by Gasteiger charge is 1.99. The van der Waals surface area contributed by atoms with Crippen molar-refractivity contribution in [3.63, 3.8) is 0 Å². The molecule has 0 aliphatic rings. The SMILES string of the molecule is COCc1ccc(C(/C=C(\N)O)=C/N)cc1. The summed E-state index contributed by atoms with van der Waals surface area (Å²) in [6, 6.07) is 7.66. The van der Waals surface area contributed by atoms with Crippen molar-refractivity contribution in [2.75, 3.05) is 7.11 Å². The van der Waals surface area contributed by atoms with E-state index in [1.807, 2.05) is 24.3 Å². The maximum absolute atomic E-state index is 8.98. The predicted molar refractivity (Wildman–Crippen MR) is 64.2 cm³/mol. The molecule has 0 saturated heterocycles. The van der Waals surface area contributed by atoms with Crippen LogP contribution < -0.4 is 11.5 Å². The molecule has 0 heterocycles. The smallest absolute Gasteiger partial charge is 0.182 e. The quantitative estimate of drug-likeness (QED) is 0.530. The molecular weight excluding hydrogens is 204 g/mol. The second-order valence-corrected chi connectivity index (χ2v) is 3.32. The highest BCUT2D eigenvalue weighted by molar-refractivity contribution is 5.73. The maximum atomic E-state index is 8.98. The molecule has 0 saturated carbocycles. The number of allylic oxidation sites excluding steroid dienone is 2. The van der Waals surface area contributed by atoms with Gasteiger partial charge in [-0.05, 0) is 11.1 Å². The van der Waals surface area contributed by atoms with Gasteiger partial charge in [-0.25, -0.2) is 0 Å². The van der Waals surface area contributed by atoms with Gasteiger partial charge >= 0.3 is 0 Å². The van der Waals surface area contributed by atoms with Crippen molar-refractivity contribution in [2.24, 2.45) is 11.5 Å². The Labute approximate surface area is 94.8 Å². The van der Waals surface area contributed by atoms with Crippen molar-refractivity contribution in [3.05, 3.63) is 53.6 Å². The van der Waals surface area contributed by atoms with E-state index in [0.717, 1.165) is 11.1 Å². The van der Waals surface area contributed by atoms with Gasteiger partial charge in [-0.15, -0.1) is 0 Å². The van der Waals surface area contributed by atoms with Crippen molar-refractivity contribution in [2.45, 2.75) is 6.61 Å². The van der Waals surface area contributed by atoms with Crippen LogP contribution in [0.25, 0.3) is 5.57 Å². The monoisotopic (exact) mass is 220 g/mol. The van der Waals surface area contributed by atoms with E-state index in [4.69, 9.17) is 21.3 Å². The summed E-state index contributed by atoms with van der Waals surface area (Å²) in [7, 11) is 1.65. The van der Waals surface area contributed by atoms with Crippen LogP contribution in [0.5, 0.6) is 0 Å². The van der Waals surface area contributed by atoms with Gasteiger partial charge in [0.1, 0.15) is 0 Å². The van der Waals surface area contributed by atoms with Gasteiger partial charge in [0.05, 0.1) is 6.61 Å². The van der Waals surface area contributed by atoms with E-state index < -0.39 is 0 Å². The van der Waals surface area contributed by atoms with Crippen LogP contribution in [0.2, 0.25) is 0 Å². The number of rotatable bonds is 4. The summed E-state index contributed by atoms with van der Waals surface area (Å²) in [6.45, 7) is 0.569. The molecule has 1 aromatic rings. The summed E-state index contributed by atoms with van der Waals surface area (Å²) >= 11 is 0. The minimum Gasteiger partial charge on any atom is -0.495 e. The number of hydrogen-bond acceptors (Lipinski definition) is 4. The number of aliphatic hydroxyl groups excluding tert-OH is 1. The third kappa shape index (κ3) is 3.33. The standard InChI is InChI=1S/C12H16N2O2/c1-16-8-9-2-4-10(5-3-9)11(7-13)6-12(14)15/h2-7,15H,8,13-14H2,1H3/b11-7+,12-6+. The van der Waals surface area contributed by atoms with E-state index >= 15 is 0 Å². The van der Waals surface area contributed by atoms with Gasteiger partial charge in [0.25, 0.3) is 0 Å². The average Bonchev–Trinajstić information content (AvgIpc) is 2.27. The molecule has 0 amide bonds. The molecule has 4 nitrogen and oxygen atoms in total. The molecule has 0 atom stereocenters. The minimum atomic E-state index is -0.266. The molecule has 0 spiro atoms. The predicted octanol–water partition coefficient (Wildman–Crippen LogP) is 1.49. The first-order valence-electron chi connectivity index (χ1n) is 4.83. The van der Waals surface area contributed by atoms with Crippen LogP contribution in [0.3, 0.4) is 0 Å². The Balaban J connectivity index is 2.92. The van der Waals surface area contributed by atoms with Crippen molar-refractivity contribution in [1.82, 2.24) is 0 Å². The number of methoxy groups -OCH3 is 1.